The number of hydrogen-bond acceptors (Lipinski definition) is 3. The first-order valence-corrected chi connectivity index (χ1v) is 10.8. The molecule has 0 aromatic heterocycles. The van der Waals surface area contributed by atoms with Crippen LogP contribution in [-0.2, 0) is 17.9 Å². The molecule has 1 heterocycles. The second-order valence-corrected chi connectivity index (χ2v) is 8.31. The molecule has 1 aromatic rings. The molecule has 1 amide bonds. The lowest BCUT2D eigenvalue weighted by molar-refractivity contribution is -0.128. The summed E-state index contributed by atoms with van der Waals surface area (Å²) in [4.78, 5) is 18.0. The highest BCUT2D eigenvalue weighted by atomic mass is 127. The number of carbonyl (C=O) groups is 1. The fourth-order valence-corrected chi connectivity index (χ4v) is 4.51. The first-order valence-electron chi connectivity index (χ1n) is 9.53. The zero-order chi connectivity index (χ0) is 18.4. The van der Waals surface area contributed by atoms with E-state index in [4.69, 9.17) is 0 Å². The van der Waals surface area contributed by atoms with Gasteiger partial charge in [-0.2, -0.15) is 11.8 Å². The molecule has 2 fully saturated rings. The van der Waals surface area contributed by atoms with E-state index in [1.165, 1.54) is 30.4 Å². The van der Waals surface area contributed by atoms with Crippen molar-refractivity contribution in [1.29, 1.82) is 0 Å². The quantitative estimate of drug-likeness (QED) is 0.356. The minimum atomic E-state index is 0. The third-order valence-electron chi connectivity index (χ3n) is 5.31. The molecule has 0 spiro atoms. The largest absolute Gasteiger partial charge is 0.354 e. The fourth-order valence-electron chi connectivity index (χ4n) is 3.71. The molecular weight excluding hydrogens is 471 g/mol. The van der Waals surface area contributed by atoms with Crippen LogP contribution >= 0.6 is 35.7 Å². The summed E-state index contributed by atoms with van der Waals surface area (Å²) >= 11 is 1.97. The van der Waals surface area contributed by atoms with Crippen LogP contribution in [-0.4, -0.2) is 47.9 Å². The Bertz CT molecular complexity index is 637. The lowest BCUT2D eigenvalue weighted by Crippen LogP contribution is -2.42. The molecule has 1 saturated heterocycles. The Morgan fingerprint density at radius 3 is 2.59 bits per heavy atom. The number of likely N-dealkylation sites (tertiary alicyclic amines) is 1. The minimum Gasteiger partial charge on any atom is -0.354 e. The number of nitrogens with one attached hydrogen (secondary N) is 2. The molecular formula is C20H31IN4OS. The van der Waals surface area contributed by atoms with Gasteiger partial charge in [-0.25, -0.2) is 0 Å². The van der Waals surface area contributed by atoms with E-state index in [9.17, 15) is 4.79 Å². The summed E-state index contributed by atoms with van der Waals surface area (Å²) < 4.78 is 0. The number of rotatable bonds is 6. The molecule has 1 aromatic carbocycles. The van der Waals surface area contributed by atoms with Gasteiger partial charge in [-0.1, -0.05) is 24.3 Å². The summed E-state index contributed by atoms with van der Waals surface area (Å²) in [6, 6.07) is 9.04. The number of guanidine groups is 1. The number of benzene rings is 1. The van der Waals surface area contributed by atoms with E-state index in [0.29, 0.717) is 12.5 Å². The van der Waals surface area contributed by atoms with Crippen molar-refractivity contribution in [2.75, 3.05) is 19.8 Å². The third-order valence-corrected chi connectivity index (χ3v) is 6.40. The van der Waals surface area contributed by atoms with Crippen molar-refractivity contribution in [1.82, 2.24) is 15.5 Å². The van der Waals surface area contributed by atoms with E-state index in [-0.39, 0.29) is 29.9 Å². The van der Waals surface area contributed by atoms with Gasteiger partial charge in [0.25, 0.3) is 0 Å². The standard InChI is InChI=1S/C20H30N4OS.HI/c1-21-20(23-17-9-10-18(12-17)26-2)22-13-15-5-7-16(8-6-15)14-24-11-3-4-19(24)25;/h5-8,17-18H,3-4,9-14H2,1-2H3,(H2,21,22,23);1H. The van der Waals surface area contributed by atoms with Crippen LogP contribution in [0.25, 0.3) is 0 Å². The van der Waals surface area contributed by atoms with Crippen molar-refractivity contribution in [2.24, 2.45) is 4.99 Å². The molecule has 150 valence electrons. The topological polar surface area (TPSA) is 56.7 Å². The van der Waals surface area contributed by atoms with Crippen molar-refractivity contribution in [3.63, 3.8) is 0 Å². The van der Waals surface area contributed by atoms with E-state index in [2.05, 4.69) is 46.1 Å². The third kappa shape index (κ3) is 6.55. The first kappa shape index (κ1) is 22.3. The van der Waals surface area contributed by atoms with Gasteiger partial charge in [0.1, 0.15) is 0 Å². The molecule has 1 aliphatic heterocycles. The molecule has 3 rings (SSSR count). The number of hydrogen-bond donors (Lipinski definition) is 2. The van der Waals surface area contributed by atoms with Crippen molar-refractivity contribution in [2.45, 2.75) is 56.5 Å². The predicted molar refractivity (Wildman–Crippen MR) is 125 cm³/mol. The van der Waals surface area contributed by atoms with Gasteiger partial charge < -0.3 is 15.5 Å². The zero-order valence-corrected chi connectivity index (χ0v) is 19.4. The van der Waals surface area contributed by atoms with Crippen LogP contribution in [0.15, 0.2) is 29.3 Å². The van der Waals surface area contributed by atoms with E-state index >= 15 is 0 Å². The highest BCUT2D eigenvalue weighted by Crippen LogP contribution is 2.28. The summed E-state index contributed by atoms with van der Waals surface area (Å²) in [6.45, 7) is 2.37. The molecule has 27 heavy (non-hydrogen) atoms. The molecule has 2 aliphatic rings. The molecule has 2 unspecified atom stereocenters. The summed E-state index contributed by atoms with van der Waals surface area (Å²) in [5, 5.41) is 7.74. The van der Waals surface area contributed by atoms with Crippen LogP contribution in [0.1, 0.15) is 43.2 Å². The monoisotopic (exact) mass is 502 g/mol. The molecule has 1 saturated carbocycles. The van der Waals surface area contributed by atoms with Gasteiger partial charge in [0.2, 0.25) is 5.91 Å². The van der Waals surface area contributed by atoms with E-state index in [0.717, 1.165) is 37.3 Å². The fraction of sp³-hybridized carbons (Fsp3) is 0.600. The molecule has 7 heteroatoms. The average molecular weight is 502 g/mol. The average Bonchev–Trinajstić information content (AvgIpc) is 3.29. The summed E-state index contributed by atoms with van der Waals surface area (Å²) in [6.07, 6.45) is 7.61. The van der Waals surface area contributed by atoms with E-state index in [1.54, 1.807) is 0 Å². The highest BCUT2D eigenvalue weighted by molar-refractivity contribution is 14.0. The summed E-state index contributed by atoms with van der Waals surface area (Å²) in [5.41, 5.74) is 2.42. The first-order chi connectivity index (χ1) is 12.7. The smallest absolute Gasteiger partial charge is 0.222 e. The molecule has 0 radical (unpaired) electrons. The number of nitrogens with zero attached hydrogens (tertiary/aromatic N) is 2. The number of thioether (sulfide) groups is 1. The van der Waals surface area contributed by atoms with Crippen molar-refractivity contribution in [3.8, 4) is 0 Å². The zero-order valence-electron chi connectivity index (χ0n) is 16.2. The van der Waals surface area contributed by atoms with Gasteiger partial charge in [0.15, 0.2) is 5.96 Å². The molecule has 2 atom stereocenters. The van der Waals surface area contributed by atoms with Crippen molar-refractivity contribution < 1.29 is 4.79 Å². The molecule has 2 N–H and O–H groups in total. The number of aliphatic imine (C=N–C) groups is 1. The van der Waals surface area contributed by atoms with Crippen LogP contribution in [0.2, 0.25) is 0 Å². The maximum absolute atomic E-state index is 11.7. The number of halogens is 1. The Labute approximate surface area is 184 Å². The molecule has 0 bridgehead atoms. The van der Waals surface area contributed by atoms with Crippen LogP contribution in [0.5, 0.6) is 0 Å². The van der Waals surface area contributed by atoms with Gasteiger partial charge in [0.05, 0.1) is 0 Å². The molecule has 1 aliphatic carbocycles. The van der Waals surface area contributed by atoms with Gasteiger partial charge in [-0.3, -0.25) is 9.79 Å². The van der Waals surface area contributed by atoms with Crippen LogP contribution in [0.4, 0.5) is 0 Å². The SMILES string of the molecule is CN=C(NCc1ccc(CN2CCCC2=O)cc1)NC1CCC(SC)C1.I. The Morgan fingerprint density at radius 1 is 1.26 bits per heavy atom. The second-order valence-electron chi connectivity index (χ2n) is 7.17. The maximum Gasteiger partial charge on any atom is 0.222 e. The maximum atomic E-state index is 11.7. The number of amides is 1. The molecule has 5 nitrogen and oxygen atoms in total. The highest BCUT2D eigenvalue weighted by Gasteiger charge is 2.24. The lowest BCUT2D eigenvalue weighted by Gasteiger charge is -2.18. The van der Waals surface area contributed by atoms with Crippen LogP contribution in [0, 0.1) is 0 Å². The Hall–Kier alpha value is -0.960. The van der Waals surface area contributed by atoms with E-state index in [1.807, 2.05) is 23.7 Å². The van der Waals surface area contributed by atoms with Gasteiger partial charge >= 0.3 is 0 Å². The van der Waals surface area contributed by atoms with E-state index < -0.39 is 0 Å². The number of carbonyl (C=O) groups excluding carboxylic acids is 1. The van der Waals surface area contributed by atoms with Crippen LogP contribution < -0.4 is 10.6 Å². The normalized spacial score (nSPS) is 22.7. The summed E-state index contributed by atoms with van der Waals surface area (Å²) in [7, 11) is 1.83. The van der Waals surface area contributed by atoms with Crippen molar-refractivity contribution >= 4 is 47.6 Å². The Kier molecular flexibility index (Phi) is 9.21. The van der Waals surface area contributed by atoms with Crippen LogP contribution in [0.3, 0.4) is 0 Å². The van der Waals surface area contributed by atoms with Gasteiger partial charge in [0, 0.05) is 44.4 Å². The van der Waals surface area contributed by atoms with Gasteiger partial charge in [-0.05, 0) is 43.1 Å². The predicted octanol–water partition coefficient (Wildman–Crippen LogP) is 3.38. The van der Waals surface area contributed by atoms with Gasteiger partial charge in [-0.15, -0.1) is 24.0 Å². The Morgan fingerprint density at radius 2 is 2.00 bits per heavy atom. The second kappa shape index (κ2) is 11.1. The lowest BCUT2D eigenvalue weighted by atomic mass is 10.1. The van der Waals surface area contributed by atoms with Crippen molar-refractivity contribution in [3.05, 3.63) is 35.4 Å². The Balaban J connectivity index is 0.00000261. The summed E-state index contributed by atoms with van der Waals surface area (Å²) in [5.74, 6) is 1.16. The minimum absolute atomic E-state index is 0.